The van der Waals surface area contributed by atoms with Gasteiger partial charge in [0, 0.05) is 6.07 Å². The van der Waals surface area contributed by atoms with Gasteiger partial charge in [-0.1, -0.05) is 19.1 Å². The first-order chi connectivity index (χ1) is 9.63. The fourth-order valence-electron chi connectivity index (χ4n) is 1.81. The second-order valence-corrected chi connectivity index (χ2v) is 4.27. The molecule has 0 amide bonds. The van der Waals surface area contributed by atoms with Crippen LogP contribution in [-0.2, 0) is 6.42 Å². The van der Waals surface area contributed by atoms with Gasteiger partial charge in [-0.3, -0.25) is 0 Å². The minimum absolute atomic E-state index is 0.102. The Bertz CT molecular complexity index is 602. The number of aryl methyl sites for hydroxylation is 1. The maximum Gasteiger partial charge on any atom is 0.339 e. The van der Waals surface area contributed by atoms with E-state index in [-0.39, 0.29) is 11.3 Å². The Balaban J connectivity index is 2.32. The smallest absolute Gasteiger partial charge is 0.339 e. The fourth-order valence-corrected chi connectivity index (χ4v) is 1.81. The zero-order valence-electron chi connectivity index (χ0n) is 11.4. The van der Waals surface area contributed by atoms with E-state index >= 15 is 0 Å². The van der Waals surface area contributed by atoms with Crippen LogP contribution in [0.5, 0.6) is 17.2 Å². The second-order valence-electron chi connectivity index (χ2n) is 4.27. The van der Waals surface area contributed by atoms with Crippen LogP contribution >= 0.6 is 0 Å². The van der Waals surface area contributed by atoms with Gasteiger partial charge < -0.3 is 14.6 Å². The summed E-state index contributed by atoms with van der Waals surface area (Å²) in [5, 5.41) is 9.17. The molecule has 0 radical (unpaired) electrons. The molecule has 2 aromatic carbocycles. The number of benzene rings is 2. The van der Waals surface area contributed by atoms with Crippen LogP contribution in [0.15, 0.2) is 42.5 Å². The molecule has 2 aromatic rings. The van der Waals surface area contributed by atoms with Crippen LogP contribution in [0, 0.1) is 0 Å². The number of aromatic carboxylic acids is 1. The van der Waals surface area contributed by atoms with Gasteiger partial charge in [-0.05, 0) is 36.2 Å². The average molecular weight is 272 g/mol. The predicted molar refractivity (Wildman–Crippen MR) is 75.8 cm³/mol. The van der Waals surface area contributed by atoms with Gasteiger partial charge in [-0.15, -0.1) is 0 Å². The molecule has 104 valence electrons. The lowest BCUT2D eigenvalue weighted by atomic mass is 10.1. The lowest BCUT2D eigenvalue weighted by molar-refractivity contribution is 0.0694. The van der Waals surface area contributed by atoms with Crippen LogP contribution < -0.4 is 9.47 Å². The van der Waals surface area contributed by atoms with E-state index in [0.29, 0.717) is 11.5 Å². The molecular weight excluding hydrogens is 256 g/mol. The van der Waals surface area contributed by atoms with E-state index in [4.69, 9.17) is 14.6 Å². The van der Waals surface area contributed by atoms with Crippen molar-refractivity contribution in [3.05, 3.63) is 53.6 Å². The fraction of sp³-hybridized carbons (Fsp3) is 0.188. The zero-order chi connectivity index (χ0) is 14.5. The van der Waals surface area contributed by atoms with Gasteiger partial charge in [0.2, 0.25) is 0 Å². The number of hydrogen-bond acceptors (Lipinski definition) is 3. The van der Waals surface area contributed by atoms with Crippen molar-refractivity contribution in [3.8, 4) is 17.2 Å². The van der Waals surface area contributed by atoms with E-state index in [1.807, 2.05) is 24.3 Å². The molecule has 20 heavy (non-hydrogen) atoms. The number of carbonyl (C=O) groups is 1. The molecule has 0 aliphatic carbocycles. The molecule has 0 saturated heterocycles. The molecule has 0 heterocycles. The molecule has 0 bridgehead atoms. The van der Waals surface area contributed by atoms with Gasteiger partial charge in [-0.2, -0.15) is 0 Å². The number of carboxylic acids is 1. The van der Waals surface area contributed by atoms with Crippen molar-refractivity contribution in [2.45, 2.75) is 13.3 Å². The Morgan fingerprint density at radius 1 is 1.10 bits per heavy atom. The number of ether oxygens (including phenoxy) is 2. The second kappa shape index (κ2) is 6.10. The highest BCUT2D eigenvalue weighted by atomic mass is 16.5. The summed E-state index contributed by atoms with van der Waals surface area (Å²) in [6, 6.07) is 12.2. The summed E-state index contributed by atoms with van der Waals surface area (Å²) in [6.45, 7) is 2.07. The van der Waals surface area contributed by atoms with Crippen molar-refractivity contribution >= 4 is 5.97 Å². The van der Waals surface area contributed by atoms with E-state index in [1.165, 1.54) is 18.7 Å². The predicted octanol–water partition coefficient (Wildman–Crippen LogP) is 3.75. The standard InChI is InChI=1S/C16H16O4/c1-3-11-4-6-12(7-5-11)20-15-10-13(19-2)8-9-14(15)16(17)18/h4-10H,3H2,1-2H3,(H,17,18). The Hall–Kier alpha value is -2.49. The Labute approximate surface area is 117 Å². The molecule has 2 rings (SSSR count). The summed E-state index contributed by atoms with van der Waals surface area (Å²) in [6.07, 6.45) is 0.944. The van der Waals surface area contributed by atoms with E-state index in [0.717, 1.165) is 6.42 Å². The number of rotatable bonds is 5. The Kier molecular flexibility index (Phi) is 4.25. The van der Waals surface area contributed by atoms with E-state index in [2.05, 4.69) is 6.92 Å². The van der Waals surface area contributed by atoms with Crippen LogP contribution in [0.1, 0.15) is 22.8 Å². The van der Waals surface area contributed by atoms with Crippen LogP contribution in [0.4, 0.5) is 0 Å². The van der Waals surface area contributed by atoms with Crippen molar-refractivity contribution in [1.82, 2.24) is 0 Å². The molecule has 4 heteroatoms. The van der Waals surface area contributed by atoms with Crippen LogP contribution in [-0.4, -0.2) is 18.2 Å². The van der Waals surface area contributed by atoms with Crippen molar-refractivity contribution < 1.29 is 19.4 Å². The summed E-state index contributed by atoms with van der Waals surface area (Å²) >= 11 is 0. The van der Waals surface area contributed by atoms with Gasteiger partial charge in [0.25, 0.3) is 0 Å². The van der Waals surface area contributed by atoms with Gasteiger partial charge in [0.05, 0.1) is 7.11 Å². The van der Waals surface area contributed by atoms with E-state index in [1.54, 1.807) is 12.1 Å². The van der Waals surface area contributed by atoms with E-state index < -0.39 is 5.97 Å². The third kappa shape index (κ3) is 3.09. The first-order valence-corrected chi connectivity index (χ1v) is 6.32. The molecule has 1 N–H and O–H groups in total. The first-order valence-electron chi connectivity index (χ1n) is 6.32. The van der Waals surface area contributed by atoms with Crippen molar-refractivity contribution in [3.63, 3.8) is 0 Å². The maximum atomic E-state index is 11.2. The summed E-state index contributed by atoms with van der Waals surface area (Å²) in [5.74, 6) is 0.377. The molecule has 0 atom stereocenters. The highest BCUT2D eigenvalue weighted by Gasteiger charge is 2.13. The molecule has 0 aliphatic rings. The SMILES string of the molecule is CCc1ccc(Oc2cc(OC)ccc2C(=O)O)cc1. The first kappa shape index (κ1) is 13.9. The van der Waals surface area contributed by atoms with Gasteiger partial charge in [0.15, 0.2) is 0 Å². The summed E-state index contributed by atoms with van der Waals surface area (Å²) in [7, 11) is 1.52. The zero-order valence-corrected chi connectivity index (χ0v) is 11.4. The minimum Gasteiger partial charge on any atom is -0.497 e. The lowest BCUT2D eigenvalue weighted by Crippen LogP contribution is -2.00. The number of methoxy groups -OCH3 is 1. The molecule has 4 nitrogen and oxygen atoms in total. The third-order valence-electron chi connectivity index (χ3n) is 2.98. The molecular formula is C16H16O4. The third-order valence-corrected chi connectivity index (χ3v) is 2.98. The monoisotopic (exact) mass is 272 g/mol. The summed E-state index contributed by atoms with van der Waals surface area (Å²) < 4.78 is 10.7. The highest BCUT2D eigenvalue weighted by Crippen LogP contribution is 2.29. The normalized spacial score (nSPS) is 10.1. The van der Waals surface area contributed by atoms with Gasteiger partial charge in [-0.25, -0.2) is 4.79 Å². The molecule has 0 aromatic heterocycles. The highest BCUT2D eigenvalue weighted by molar-refractivity contribution is 5.91. The number of hydrogen-bond donors (Lipinski definition) is 1. The average Bonchev–Trinajstić information content (AvgIpc) is 2.47. The topological polar surface area (TPSA) is 55.8 Å². The lowest BCUT2D eigenvalue weighted by Gasteiger charge is -2.10. The minimum atomic E-state index is -1.03. The van der Waals surface area contributed by atoms with Crippen LogP contribution in [0.2, 0.25) is 0 Å². The van der Waals surface area contributed by atoms with Crippen LogP contribution in [0.25, 0.3) is 0 Å². The molecule has 0 fully saturated rings. The van der Waals surface area contributed by atoms with Crippen molar-refractivity contribution in [2.24, 2.45) is 0 Å². The molecule has 0 unspecified atom stereocenters. The quantitative estimate of drug-likeness (QED) is 0.900. The van der Waals surface area contributed by atoms with Crippen molar-refractivity contribution in [2.75, 3.05) is 7.11 Å². The summed E-state index contributed by atoms with van der Waals surface area (Å²) in [5.41, 5.74) is 1.30. The summed E-state index contributed by atoms with van der Waals surface area (Å²) in [4.78, 5) is 11.2. The molecule has 0 aliphatic heterocycles. The largest absolute Gasteiger partial charge is 0.497 e. The maximum absolute atomic E-state index is 11.2. The molecule has 0 spiro atoms. The molecule has 0 saturated carbocycles. The Morgan fingerprint density at radius 2 is 1.75 bits per heavy atom. The van der Waals surface area contributed by atoms with E-state index in [9.17, 15) is 4.79 Å². The van der Waals surface area contributed by atoms with Gasteiger partial charge >= 0.3 is 5.97 Å². The number of carboxylic acid groups (broad SMARTS) is 1. The Morgan fingerprint density at radius 3 is 2.30 bits per heavy atom. The van der Waals surface area contributed by atoms with Gasteiger partial charge in [0.1, 0.15) is 22.8 Å². The van der Waals surface area contributed by atoms with Crippen LogP contribution in [0.3, 0.4) is 0 Å². The van der Waals surface area contributed by atoms with Crippen molar-refractivity contribution in [1.29, 1.82) is 0 Å².